The van der Waals surface area contributed by atoms with Crippen LogP contribution in [0, 0.1) is 13.7 Å². The van der Waals surface area contributed by atoms with Crippen molar-refractivity contribution in [3.63, 3.8) is 0 Å². The Morgan fingerprint density at radius 3 is 2.71 bits per heavy atom. The van der Waals surface area contributed by atoms with Crippen LogP contribution >= 0.6 is 22.6 Å². The lowest BCUT2D eigenvalue weighted by Crippen LogP contribution is -2.17. The van der Waals surface area contributed by atoms with Crippen molar-refractivity contribution in [1.82, 2.24) is 5.43 Å². The lowest BCUT2D eigenvalue weighted by Gasteiger charge is -2.00. The Hall–Kier alpha value is -2.29. The molecule has 0 radical (unpaired) electrons. The third-order valence-corrected chi connectivity index (χ3v) is 3.58. The first kappa shape index (κ1) is 15.1. The van der Waals surface area contributed by atoms with Crippen LogP contribution in [0.4, 0.5) is 5.69 Å². The maximum Gasteiger partial charge on any atom is 0.271 e. The molecule has 0 aliphatic rings. The number of benzene rings is 2. The number of hydrogen-bond donors (Lipinski definition) is 1. The van der Waals surface area contributed by atoms with Gasteiger partial charge in [-0.1, -0.05) is 24.3 Å². The molecule has 21 heavy (non-hydrogen) atoms. The van der Waals surface area contributed by atoms with Crippen molar-refractivity contribution in [3.05, 3.63) is 73.3 Å². The SMILES string of the molecule is O=C(N/N=C/c1ccccc1I)c1cccc([N+](=O)[O-])c1. The third-order valence-electron chi connectivity index (χ3n) is 2.59. The van der Waals surface area contributed by atoms with Gasteiger partial charge in [0.05, 0.1) is 11.1 Å². The highest BCUT2D eigenvalue weighted by Crippen LogP contribution is 2.13. The van der Waals surface area contributed by atoms with Crippen LogP contribution < -0.4 is 5.43 Å². The normalized spacial score (nSPS) is 10.5. The highest BCUT2D eigenvalue weighted by atomic mass is 127. The Labute approximate surface area is 134 Å². The summed E-state index contributed by atoms with van der Waals surface area (Å²) in [4.78, 5) is 22.0. The van der Waals surface area contributed by atoms with Gasteiger partial charge < -0.3 is 0 Å². The van der Waals surface area contributed by atoms with E-state index in [2.05, 4.69) is 33.1 Å². The molecule has 0 aliphatic carbocycles. The topological polar surface area (TPSA) is 84.6 Å². The van der Waals surface area contributed by atoms with Crippen LogP contribution in [0.25, 0.3) is 0 Å². The van der Waals surface area contributed by atoms with Gasteiger partial charge >= 0.3 is 0 Å². The first-order valence-electron chi connectivity index (χ1n) is 5.90. The molecule has 2 rings (SSSR count). The van der Waals surface area contributed by atoms with Crippen molar-refractivity contribution in [2.45, 2.75) is 0 Å². The standard InChI is InChI=1S/C14H10IN3O3/c15-13-7-2-1-4-11(13)9-16-17-14(19)10-5-3-6-12(8-10)18(20)21/h1-9H,(H,17,19)/b16-9+. The largest absolute Gasteiger partial charge is 0.271 e. The van der Waals surface area contributed by atoms with E-state index in [-0.39, 0.29) is 11.3 Å². The Morgan fingerprint density at radius 1 is 1.24 bits per heavy atom. The molecular weight excluding hydrogens is 385 g/mol. The predicted molar refractivity (Wildman–Crippen MR) is 87.3 cm³/mol. The van der Waals surface area contributed by atoms with E-state index >= 15 is 0 Å². The predicted octanol–water partition coefficient (Wildman–Crippen LogP) is 2.96. The van der Waals surface area contributed by atoms with Gasteiger partial charge in [0.2, 0.25) is 0 Å². The second-order valence-electron chi connectivity index (χ2n) is 4.03. The molecule has 0 fully saturated rings. The number of nitro groups is 1. The van der Waals surface area contributed by atoms with Gasteiger partial charge in [-0.05, 0) is 34.7 Å². The van der Waals surface area contributed by atoms with Crippen LogP contribution in [0.15, 0.2) is 53.6 Å². The average Bonchev–Trinajstić information content (AvgIpc) is 2.49. The van der Waals surface area contributed by atoms with Crippen molar-refractivity contribution < 1.29 is 9.72 Å². The molecule has 2 aromatic carbocycles. The molecule has 0 heterocycles. The summed E-state index contributed by atoms with van der Waals surface area (Å²) in [6, 6.07) is 13.0. The van der Waals surface area contributed by atoms with Crippen LogP contribution in [0.1, 0.15) is 15.9 Å². The summed E-state index contributed by atoms with van der Waals surface area (Å²) in [6.07, 6.45) is 1.52. The van der Waals surface area contributed by atoms with Crippen LogP contribution in [-0.4, -0.2) is 17.0 Å². The van der Waals surface area contributed by atoms with Crippen molar-refractivity contribution in [3.8, 4) is 0 Å². The zero-order valence-corrected chi connectivity index (χ0v) is 12.9. The van der Waals surface area contributed by atoms with E-state index in [0.717, 1.165) is 9.13 Å². The number of carbonyl (C=O) groups excluding carboxylic acids is 1. The van der Waals surface area contributed by atoms with E-state index in [9.17, 15) is 14.9 Å². The zero-order valence-electron chi connectivity index (χ0n) is 10.7. The second kappa shape index (κ2) is 6.93. The van der Waals surface area contributed by atoms with Gasteiger partial charge in [-0.2, -0.15) is 5.10 Å². The monoisotopic (exact) mass is 395 g/mol. The summed E-state index contributed by atoms with van der Waals surface area (Å²) in [6.45, 7) is 0. The minimum absolute atomic E-state index is 0.135. The van der Waals surface area contributed by atoms with Crippen molar-refractivity contribution >= 4 is 40.4 Å². The Balaban J connectivity index is 2.07. The molecule has 0 aromatic heterocycles. The smallest absolute Gasteiger partial charge is 0.267 e. The molecule has 0 spiro atoms. The van der Waals surface area contributed by atoms with Gasteiger partial charge in [-0.15, -0.1) is 0 Å². The summed E-state index contributed by atoms with van der Waals surface area (Å²) in [5, 5.41) is 14.5. The maximum atomic E-state index is 11.8. The van der Waals surface area contributed by atoms with Crippen molar-refractivity contribution in [2.24, 2.45) is 5.10 Å². The van der Waals surface area contributed by atoms with Gasteiger partial charge in [0.1, 0.15) is 0 Å². The van der Waals surface area contributed by atoms with Gasteiger partial charge in [-0.25, -0.2) is 5.43 Å². The summed E-state index contributed by atoms with van der Waals surface area (Å²) in [5.74, 6) is -0.499. The number of rotatable bonds is 4. The first-order valence-corrected chi connectivity index (χ1v) is 6.98. The molecular formula is C14H10IN3O3. The van der Waals surface area contributed by atoms with Crippen molar-refractivity contribution in [1.29, 1.82) is 0 Å². The number of halogens is 1. The quantitative estimate of drug-likeness (QED) is 0.374. The number of nitrogens with one attached hydrogen (secondary N) is 1. The summed E-state index contributed by atoms with van der Waals surface area (Å²) < 4.78 is 1.00. The van der Waals surface area contributed by atoms with Gasteiger partial charge in [0.15, 0.2) is 0 Å². The minimum Gasteiger partial charge on any atom is -0.267 e. The molecule has 0 saturated heterocycles. The molecule has 1 N–H and O–H groups in total. The molecule has 0 atom stereocenters. The van der Waals surface area contributed by atoms with Crippen LogP contribution in [0.5, 0.6) is 0 Å². The highest BCUT2D eigenvalue weighted by molar-refractivity contribution is 14.1. The Kier molecular flexibility index (Phi) is 4.99. The number of hydrazone groups is 1. The molecule has 6 nitrogen and oxygen atoms in total. The Morgan fingerprint density at radius 2 is 2.00 bits per heavy atom. The molecule has 0 bridgehead atoms. The molecule has 106 valence electrons. The lowest BCUT2D eigenvalue weighted by atomic mass is 10.2. The number of nitro benzene ring substituents is 1. The number of hydrogen-bond acceptors (Lipinski definition) is 4. The van der Waals surface area contributed by atoms with Gasteiger partial charge in [0.25, 0.3) is 11.6 Å². The second-order valence-corrected chi connectivity index (χ2v) is 5.19. The minimum atomic E-state index is -0.549. The molecule has 7 heteroatoms. The van der Waals surface area contributed by atoms with Crippen molar-refractivity contribution in [2.75, 3.05) is 0 Å². The average molecular weight is 395 g/mol. The van der Waals surface area contributed by atoms with Crippen LogP contribution in [-0.2, 0) is 0 Å². The van der Waals surface area contributed by atoms with E-state index in [1.807, 2.05) is 24.3 Å². The third kappa shape index (κ3) is 4.09. The van der Waals surface area contributed by atoms with E-state index in [1.165, 1.54) is 30.5 Å². The van der Waals surface area contributed by atoms with E-state index in [4.69, 9.17) is 0 Å². The van der Waals surface area contributed by atoms with E-state index < -0.39 is 10.8 Å². The summed E-state index contributed by atoms with van der Waals surface area (Å²) in [5.41, 5.74) is 3.27. The fourth-order valence-corrected chi connectivity index (χ4v) is 2.09. The number of nitrogens with zero attached hydrogens (tertiary/aromatic N) is 2. The van der Waals surface area contributed by atoms with Crippen LogP contribution in [0.2, 0.25) is 0 Å². The number of non-ortho nitro benzene ring substituents is 1. The van der Waals surface area contributed by atoms with Gasteiger partial charge in [-0.3, -0.25) is 14.9 Å². The maximum absolute atomic E-state index is 11.8. The fraction of sp³-hybridized carbons (Fsp3) is 0. The zero-order chi connectivity index (χ0) is 15.2. The lowest BCUT2D eigenvalue weighted by molar-refractivity contribution is -0.384. The Bertz CT molecular complexity index is 716. The fourth-order valence-electron chi connectivity index (χ4n) is 1.57. The molecule has 1 amide bonds. The van der Waals surface area contributed by atoms with E-state index in [0.29, 0.717) is 0 Å². The van der Waals surface area contributed by atoms with E-state index in [1.54, 1.807) is 0 Å². The molecule has 0 aliphatic heterocycles. The summed E-state index contributed by atoms with van der Waals surface area (Å²) >= 11 is 2.16. The molecule has 2 aromatic rings. The molecule has 0 saturated carbocycles. The van der Waals surface area contributed by atoms with Crippen LogP contribution in [0.3, 0.4) is 0 Å². The first-order chi connectivity index (χ1) is 10.1. The highest BCUT2D eigenvalue weighted by Gasteiger charge is 2.10. The summed E-state index contributed by atoms with van der Waals surface area (Å²) in [7, 11) is 0. The number of amides is 1. The molecule has 0 unspecified atom stereocenters. The van der Waals surface area contributed by atoms with Gasteiger partial charge in [0, 0.05) is 26.8 Å². The number of carbonyl (C=O) groups is 1.